The molecule has 9 heteroatoms. The minimum Gasteiger partial charge on any atom is -0.461 e. The molecular weight excluding hydrogens is 540 g/mol. The van der Waals surface area contributed by atoms with Crippen molar-refractivity contribution in [2.24, 2.45) is 23.2 Å². The number of carbonyl (C=O) groups is 4. The molecule has 0 heterocycles. The largest absolute Gasteiger partial charge is 0.461 e. The average Bonchev–Trinajstić information content (AvgIpc) is 3.13. The monoisotopic (exact) mass is 584 g/mol. The second-order valence-electron chi connectivity index (χ2n) is 12.3. The highest BCUT2D eigenvalue weighted by molar-refractivity contribution is 5.89. The van der Waals surface area contributed by atoms with Gasteiger partial charge in [0.25, 0.3) is 0 Å². The van der Waals surface area contributed by atoms with Gasteiger partial charge in [0.1, 0.15) is 30.0 Å². The molecular formula is C33H44O9. The van der Waals surface area contributed by atoms with Crippen LogP contribution in [0.1, 0.15) is 78.6 Å². The number of rotatable bonds is 5. The zero-order valence-corrected chi connectivity index (χ0v) is 25.8. The fourth-order valence-electron chi connectivity index (χ4n) is 6.17. The lowest BCUT2D eigenvalue weighted by atomic mass is 9.75. The van der Waals surface area contributed by atoms with Gasteiger partial charge in [-0.15, -0.1) is 0 Å². The minimum atomic E-state index is -1.63. The Morgan fingerprint density at radius 1 is 0.881 bits per heavy atom. The molecule has 0 radical (unpaired) electrons. The highest BCUT2D eigenvalue weighted by Gasteiger charge is 2.58. The van der Waals surface area contributed by atoms with Crippen molar-refractivity contribution in [3.05, 3.63) is 59.7 Å². The number of carbonyl (C=O) groups excluding carboxylic acids is 4. The van der Waals surface area contributed by atoms with Crippen molar-refractivity contribution >= 4 is 23.9 Å². The maximum atomic E-state index is 13.2. The van der Waals surface area contributed by atoms with Crippen LogP contribution in [0.4, 0.5) is 0 Å². The molecule has 230 valence electrons. The molecule has 8 atom stereocenters. The molecule has 1 fully saturated rings. The Morgan fingerprint density at radius 3 is 2.05 bits per heavy atom. The van der Waals surface area contributed by atoms with Crippen molar-refractivity contribution in [2.45, 2.75) is 98.2 Å². The summed E-state index contributed by atoms with van der Waals surface area (Å²) in [4.78, 5) is 49.9. The number of ether oxygens (including phenoxy) is 4. The Kier molecular flexibility index (Phi) is 10.4. The van der Waals surface area contributed by atoms with E-state index in [1.807, 2.05) is 39.8 Å². The van der Waals surface area contributed by atoms with Crippen molar-refractivity contribution in [3.8, 4) is 0 Å². The van der Waals surface area contributed by atoms with Crippen LogP contribution in [0.25, 0.3) is 0 Å². The molecule has 1 aromatic carbocycles. The fourth-order valence-corrected chi connectivity index (χ4v) is 6.17. The van der Waals surface area contributed by atoms with Crippen molar-refractivity contribution in [2.75, 3.05) is 0 Å². The predicted octanol–water partition coefficient (Wildman–Crippen LogP) is 4.96. The van der Waals surface area contributed by atoms with Crippen molar-refractivity contribution in [1.29, 1.82) is 0 Å². The zero-order valence-electron chi connectivity index (χ0n) is 25.8. The molecule has 0 saturated heterocycles. The van der Waals surface area contributed by atoms with Crippen LogP contribution in [0.2, 0.25) is 0 Å². The molecule has 0 bridgehead atoms. The van der Waals surface area contributed by atoms with Crippen LogP contribution in [0, 0.1) is 23.2 Å². The van der Waals surface area contributed by atoms with E-state index in [-0.39, 0.29) is 18.8 Å². The lowest BCUT2D eigenvalue weighted by Gasteiger charge is -2.41. The molecule has 42 heavy (non-hydrogen) atoms. The number of fused-ring (bicyclic) bond motifs is 1. The van der Waals surface area contributed by atoms with Gasteiger partial charge in [-0.2, -0.15) is 0 Å². The first-order valence-electron chi connectivity index (χ1n) is 14.4. The SMILES string of the molecule is CC(=O)OC1[C@@H](C)/C=C\C(C)(C)[C@H](OC(C)=O)C[C@@H](OC(C)=O)/C(C)=C/[C@H]2[C@@H](OC(=O)c3ccccc3)[C@@H](C)C[C@]12O. The lowest BCUT2D eigenvalue weighted by Crippen LogP contribution is -2.52. The second kappa shape index (κ2) is 13.2. The molecule has 1 unspecified atom stereocenters. The summed E-state index contributed by atoms with van der Waals surface area (Å²) in [5, 5.41) is 12.5. The van der Waals surface area contributed by atoms with Gasteiger partial charge < -0.3 is 24.1 Å². The fraction of sp³-hybridized carbons (Fsp3) is 0.576. The number of esters is 4. The van der Waals surface area contributed by atoms with E-state index in [9.17, 15) is 24.3 Å². The summed E-state index contributed by atoms with van der Waals surface area (Å²) in [6, 6.07) is 8.57. The summed E-state index contributed by atoms with van der Waals surface area (Å²) in [6.07, 6.45) is 2.54. The van der Waals surface area contributed by atoms with Crippen LogP contribution in [0.5, 0.6) is 0 Å². The number of hydrogen-bond acceptors (Lipinski definition) is 9. The topological polar surface area (TPSA) is 125 Å². The standard InChI is InChI=1S/C33H44O9/c1-19-14-15-32(7,8)28(40-23(5)35)17-27(39-22(4)34)20(2)16-26-29(42-31(37)25-12-10-9-11-13-25)21(3)18-33(26,38)30(19)41-24(6)36/h9-16,19,21,26-30,38H,17-18H2,1-8H3/b15-14-,20-16+/t19-,21-,26-,27+,28+,29-,30?,33+/m0/s1. The normalized spacial score (nSPS) is 34.7. The lowest BCUT2D eigenvalue weighted by molar-refractivity contribution is -0.173. The smallest absolute Gasteiger partial charge is 0.338 e. The zero-order chi connectivity index (χ0) is 31.4. The van der Waals surface area contributed by atoms with Gasteiger partial charge >= 0.3 is 23.9 Å². The summed E-state index contributed by atoms with van der Waals surface area (Å²) < 4.78 is 23.3. The first-order valence-corrected chi connectivity index (χ1v) is 14.4. The molecule has 0 aromatic heterocycles. The molecule has 0 amide bonds. The summed E-state index contributed by atoms with van der Waals surface area (Å²) in [5.41, 5.74) is -1.39. The van der Waals surface area contributed by atoms with E-state index >= 15 is 0 Å². The Labute approximate surface area is 248 Å². The van der Waals surface area contributed by atoms with Crippen LogP contribution in [-0.4, -0.2) is 59.0 Å². The number of hydrogen-bond donors (Lipinski definition) is 1. The summed E-state index contributed by atoms with van der Waals surface area (Å²) in [7, 11) is 0. The van der Waals surface area contributed by atoms with E-state index in [4.69, 9.17) is 18.9 Å². The van der Waals surface area contributed by atoms with Gasteiger partial charge in [-0.25, -0.2) is 4.79 Å². The highest BCUT2D eigenvalue weighted by atomic mass is 16.6. The van der Waals surface area contributed by atoms with Crippen LogP contribution in [0.15, 0.2) is 54.1 Å². The predicted molar refractivity (Wildman–Crippen MR) is 155 cm³/mol. The van der Waals surface area contributed by atoms with Crippen molar-refractivity contribution < 1.29 is 43.2 Å². The maximum absolute atomic E-state index is 13.2. The third kappa shape index (κ3) is 7.68. The highest BCUT2D eigenvalue weighted by Crippen LogP contribution is 2.48. The molecule has 9 nitrogen and oxygen atoms in total. The second-order valence-corrected chi connectivity index (χ2v) is 12.3. The van der Waals surface area contributed by atoms with Gasteiger partial charge in [0.2, 0.25) is 0 Å². The first-order chi connectivity index (χ1) is 19.5. The van der Waals surface area contributed by atoms with Crippen molar-refractivity contribution in [1.82, 2.24) is 0 Å². The summed E-state index contributed by atoms with van der Waals surface area (Å²) in [6.45, 7) is 13.2. The Morgan fingerprint density at radius 2 is 1.48 bits per heavy atom. The van der Waals surface area contributed by atoms with Gasteiger partial charge in [-0.3, -0.25) is 14.4 Å². The molecule has 1 saturated carbocycles. The molecule has 3 rings (SSSR count). The van der Waals surface area contributed by atoms with E-state index < -0.39 is 71.1 Å². The third-order valence-corrected chi connectivity index (χ3v) is 8.31. The van der Waals surface area contributed by atoms with E-state index in [1.165, 1.54) is 20.8 Å². The van der Waals surface area contributed by atoms with Crippen LogP contribution >= 0.6 is 0 Å². The average molecular weight is 585 g/mol. The van der Waals surface area contributed by atoms with E-state index in [0.717, 1.165) is 0 Å². The van der Waals surface area contributed by atoms with Gasteiger partial charge in [-0.05, 0) is 37.0 Å². The van der Waals surface area contributed by atoms with Crippen LogP contribution in [0.3, 0.4) is 0 Å². The summed E-state index contributed by atoms with van der Waals surface area (Å²) in [5.74, 6) is -3.71. The molecule has 2 aliphatic carbocycles. The van der Waals surface area contributed by atoms with Crippen LogP contribution < -0.4 is 0 Å². The van der Waals surface area contributed by atoms with Crippen molar-refractivity contribution in [3.63, 3.8) is 0 Å². The quantitative estimate of drug-likeness (QED) is 0.290. The molecule has 0 spiro atoms. The molecule has 1 aromatic rings. The van der Waals surface area contributed by atoms with Crippen LogP contribution in [-0.2, 0) is 33.3 Å². The minimum absolute atomic E-state index is 0.162. The Hall–Kier alpha value is -3.46. The van der Waals surface area contributed by atoms with Gasteiger partial charge in [0, 0.05) is 44.4 Å². The Bertz CT molecular complexity index is 1220. The van der Waals surface area contributed by atoms with E-state index in [0.29, 0.717) is 11.1 Å². The summed E-state index contributed by atoms with van der Waals surface area (Å²) >= 11 is 0. The van der Waals surface area contributed by atoms with Gasteiger partial charge in [0.05, 0.1) is 5.56 Å². The van der Waals surface area contributed by atoms with Gasteiger partial charge in [-0.1, -0.05) is 64.1 Å². The third-order valence-electron chi connectivity index (χ3n) is 8.31. The number of benzene rings is 1. The maximum Gasteiger partial charge on any atom is 0.338 e. The number of aliphatic hydroxyl groups is 1. The Balaban J connectivity index is 2.20. The van der Waals surface area contributed by atoms with E-state index in [2.05, 4.69) is 0 Å². The molecule has 1 N–H and O–H groups in total. The first kappa shape index (κ1) is 33.0. The van der Waals surface area contributed by atoms with Gasteiger partial charge in [0.15, 0.2) is 0 Å². The van der Waals surface area contributed by atoms with E-state index in [1.54, 1.807) is 43.3 Å². The molecule has 2 aliphatic rings. The molecule has 0 aliphatic heterocycles.